The topological polar surface area (TPSA) is 63.8 Å². The van der Waals surface area contributed by atoms with E-state index in [2.05, 4.69) is 5.10 Å². The molecule has 5 heteroatoms. The number of carboxylic acids is 1. The molecule has 2 heterocycles. The van der Waals surface area contributed by atoms with Gasteiger partial charge in [0, 0.05) is 17.3 Å². The molecule has 2 aromatic heterocycles. The first kappa shape index (κ1) is 12.2. The third-order valence-electron chi connectivity index (χ3n) is 3.12. The summed E-state index contributed by atoms with van der Waals surface area (Å²) < 4.78 is 6.91. The van der Waals surface area contributed by atoms with E-state index in [1.54, 1.807) is 23.9 Å². The van der Waals surface area contributed by atoms with Gasteiger partial charge in [-0.2, -0.15) is 5.10 Å². The molecule has 100 valence electrons. The van der Waals surface area contributed by atoms with Crippen LogP contribution in [-0.2, 0) is 0 Å². The van der Waals surface area contributed by atoms with E-state index in [0.717, 1.165) is 16.6 Å². The fourth-order valence-electron chi connectivity index (χ4n) is 2.22. The van der Waals surface area contributed by atoms with Crippen LogP contribution in [0.15, 0.2) is 48.7 Å². The molecule has 5 nitrogen and oxygen atoms in total. The van der Waals surface area contributed by atoms with Gasteiger partial charge in [0.2, 0.25) is 0 Å². The standard InChI is InChI=1S/C15H12N2O3/c1-20-14-7-3-2-5-10(14)11-9-12(15(18)19)16-17-8-4-6-13(11)17/h2-9H,1H3,(H,18,19). The largest absolute Gasteiger partial charge is 0.496 e. The van der Waals surface area contributed by atoms with E-state index in [1.807, 2.05) is 36.4 Å². The first-order chi connectivity index (χ1) is 9.70. The van der Waals surface area contributed by atoms with Gasteiger partial charge in [0.15, 0.2) is 5.69 Å². The predicted octanol–water partition coefficient (Wildman–Crippen LogP) is 2.71. The lowest BCUT2D eigenvalue weighted by atomic mass is 10.0. The summed E-state index contributed by atoms with van der Waals surface area (Å²) in [5.41, 5.74) is 2.44. The SMILES string of the molecule is COc1ccccc1-c1cc(C(=O)O)nn2cccc12. The van der Waals surface area contributed by atoms with Gasteiger partial charge in [-0.1, -0.05) is 18.2 Å². The Labute approximate surface area is 115 Å². The quantitative estimate of drug-likeness (QED) is 0.793. The molecule has 0 atom stereocenters. The van der Waals surface area contributed by atoms with E-state index < -0.39 is 5.97 Å². The third kappa shape index (κ3) is 1.89. The van der Waals surface area contributed by atoms with Crippen LogP contribution >= 0.6 is 0 Å². The van der Waals surface area contributed by atoms with Crippen LogP contribution in [0.3, 0.4) is 0 Å². The third-order valence-corrected chi connectivity index (χ3v) is 3.12. The van der Waals surface area contributed by atoms with Crippen LogP contribution < -0.4 is 4.74 Å². The van der Waals surface area contributed by atoms with E-state index in [9.17, 15) is 9.90 Å². The zero-order chi connectivity index (χ0) is 14.1. The van der Waals surface area contributed by atoms with Crippen molar-refractivity contribution in [2.75, 3.05) is 7.11 Å². The molecule has 1 N–H and O–H groups in total. The Hall–Kier alpha value is -2.82. The lowest BCUT2D eigenvalue weighted by Crippen LogP contribution is -2.05. The first-order valence-corrected chi connectivity index (χ1v) is 6.06. The van der Waals surface area contributed by atoms with Gasteiger partial charge in [-0.15, -0.1) is 0 Å². The zero-order valence-electron chi connectivity index (χ0n) is 10.8. The molecule has 0 unspecified atom stereocenters. The van der Waals surface area contributed by atoms with Crippen molar-refractivity contribution >= 4 is 11.5 Å². The summed E-state index contributed by atoms with van der Waals surface area (Å²) >= 11 is 0. The van der Waals surface area contributed by atoms with Crippen LogP contribution in [0.2, 0.25) is 0 Å². The molecule has 0 aliphatic rings. The fraction of sp³-hybridized carbons (Fsp3) is 0.0667. The smallest absolute Gasteiger partial charge is 0.356 e. The van der Waals surface area contributed by atoms with Crippen molar-refractivity contribution in [2.24, 2.45) is 0 Å². The molecule has 1 aromatic carbocycles. The maximum atomic E-state index is 11.2. The number of carbonyl (C=O) groups is 1. The van der Waals surface area contributed by atoms with Gasteiger partial charge in [-0.25, -0.2) is 9.31 Å². The lowest BCUT2D eigenvalue weighted by Gasteiger charge is -2.10. The maximum absolute atomic E-state index is 11.2. The Bertz CT molecular complexity index is 793. The molecule has 0 bridgehead atoms. The average Bonchev–Trinajstić information content (AvgIpc) is 2.94. The number of nitrogens with zero attached hydrogens (tertiary/aromatic N) is 2. The number of aromatic carboxylic acids is 1. The fourth-order valence-corrected chi connectivity index (χ4v) is 2.22. The number of hydrogen-bond donors (Lipinski definition) is 1. The molecular weight excluding hydrogens is 256 g/mol. The van der Waals surface area contributed by atoms with E-state index in [1.165, 1.54) is 0 Å². The summed E-state index contributed by atoms with van der Waals surface area (Å²) in [6, 6.07) is 12.8. The highest BCUT2D eigenvalue weighted by Crippen LogP contribution is 2.32. The predicted molar refractivity (Wildman–Crippen MR) is 74.1 cm³/mol. The molecule has 0 spiro atoms. The van der Waals surface area contributed by atoms with E-state index in [-0.39, 0.29) is 5.69 Å². The van der Waals surface area contributed by atoms with Crippen molar-refractivity contribution in [2.45, 2.75) is 0 Å². The Balaban J connectivity index is 2.34. The summed E-state index contributed by atoms with van der Waals surface area (Å²) in [4.78, 5) is 11.2. The summed E-state index contributed by atoms with van der Waals surface area (Å²) in [6.45, 7) is 0. The van der Waals surface area contributed by atoms with Crippen LogP contribution in [0.5, 0.6) is 5.75 Å². The molecule has 3 rings (SSSR count). The maximum Gasteiger partial charge on any atom is 0.356 e. The molecule has 3 aromatic rings. The van der Waals surface area contributed by atoms with E-state index in [0.29, 0.717) is 5.75 Å². The van der Waals surface area contributed by atoms with E-state index >= 15 is 0 Å². The van der Waals surface area contributed by atoms with Gasteiger partial charge < -0.3 is 9.84 Å². The van der Waals surface area contributed by atoms with Crippen molar-refractivity contribution < 1.29 is 14.6 Å². The second-order valence-electron chi connectivity index (χ2n) is 4.29. The van der Waals surface area contributed by atoms with E-state index in [4.69, 9.17) is 4.74 Å². The number of methoxy groups -OCH3 is 1. The number of carboxylic acid groups (broad SMARTS) is 1. The van der Waals surface area contributed by atoms with Crippen molar-refractivity contribution in [1.82, 2.24) is 9.61 Å². The molecule has 0 radical (unpaired) electrons. The first-order valence-electron chi connectivity index (χ1n) is 6.06. The molecule has 0 saturated heterocycles. The van der Waals surface area contributed by atoms with Gasteiger partial charge in [0.25, 0.3) is 0 Å². The van der Waals surface area contributed by atoms with Gasteiger partial charge in [0.1, 0.15) is 5.75 Å². The number of fused-ring (bicyclic) bond motifs is 1. The number of ether oxygens (including phenoxy) is 1. The van der Waals surface area contributed by atoms with Crippen LogP contribution in [0.25, 0.3) is 16.6 Å². The minimum Gasteiger partial charge on any atom is -0.496 e. The summed E-state index contributed by atoms with van der Waals surface area (Å²) in [7, 11) is 1.59. The number of rotatable bonds is 3. The van der Waals surface area contributed by atoms with Crippen LogP contribution in [0.1, 0.15) is 10.5 Å². The van der Waals surface area contributed by atoms with Crippen molar-refractivity contribution in [3.8, 4) is 16.9 Å². The van der Waals surface area contributed by atoms with Gasteiger partial charge in [-0.05, 0) is 24.3 Å². The van der Waals surface area contributed by atoms with Crippen LogP contribution in [0, 0.1) is 0 Å². The zero-order valence-corrected chi connectivity index (χ0v) is 10.8. The van der Waals surface area contributed by atoms with Crippen molar-refractivity contribution in [1.29, 1.82) is 0 Å². The highest BCUT2D eigenvalue weighted by molar-refractivity contribution is 5.91. The Morgan fingerprint density at radius 1 is 1.20 bits per heavy atom. The van der Waals surface area contributed by atoms with Crippen molar-refractivity contribution in [3.63, 3.8) is 0 Å². The van der Waals surface area contributed by atoms with Gasteiger partial charge >= 0.3 is 5.97 Å². The Kier molecular flexibility index (Phi) is 2.87. The van der Waals surface area contributed by atoms with Crippen molar-refractivity contribution in [3.05, 3.63) is 54.4 Å². The molecule has 0 saturated carbocycles. The molecular formula is C15H12N2O3. The minimum atomic E-state index is -1.06. The molecule has 0 amide bonds. The number of para-hydroxylation sites is 1. The highest BCUT2D eigenvalue weighted by Gasteiger charge is 2.14. The molecule has 0 fully saturated rings. The van der Waals surface area contributed by atoms with Gasteiger partial charge in [-0.3, -0.25) is 0 Å². The second kappa shape index (κ2) is 4.70. The molecule has 0 aliphatic carbocycles. The number of hydrogen-bond acceptors (Lipinski definition) is 3. The molecule has 0 aliphatic heterocycles. The average molecular weight is 268 g/mol. The Morgan fingerprint density at radius 2 is 2.00 bits per heavy atom. The van der Waals surface area contributed by atoms with Crippen LogP contribution in [0.4, 0.5) is 0 Å². The second-order valence-corrected chi connectivity index (χ2v) is 4.29. The highest BCUT2D eigenvalue weighted by atomic mass is 16.5. The summed E-state index contributed by atoms with van der Waals surface area (Å²) in [6.07, 6.45) is 1.72. The minimum absolute atomic E-state index is 0.00499. The number of aromatic nitrogens is 2. The summed E-state index contributed by atoms with van der Waals surface area (Å²) in [5.74, 6) is -0.366. The lowest BCUT2D eigenvalue weighted by molar-refractivity contribution is 0.0689. The normalized spacial score (nSPS) is 10.7. The summed E-state index contributed by atoms with van der Waals surface area (Å²) in [5, 5.41) is 13.2. The van der Waals surface area contributed by atoms with Gasteiger partial charge in [0.05, 0.1) is 12.6 Å². The van der Waals surface area contributed by atoms with Crippen LogP contribution in [-0.4, -0.2) is 27.8 Å². The Morgan fingerprint density at radius 3 is 2.75 bits per heavy atom. The number of benzene rings is 1. The molecule has 20 heavy (non-hydrogen) atoms. The monoisotopic (exact) mass is 268 g/mol.